The number of nitrogens with two attached hydrogens (primary N) is 1. The number of rotatable bonds is 8. The number of nitrogens with zero attached hydrogens (tertiary/aromatic N) is 2. The van der Waals surface area contributed by atoms with Gasteiger partial charge in [-0.05, 0) is 31.9 Å². The summed E-state index contributed by atoms with van der Waals surface area (Å²) in [5, 5.41) is 0. The van der Waals surface area contributed by atoms with Crippen molar-refractivity contribution in [3.63, 3.8) is 0 Å². The molecule has 0 aliphatic rings. The quantitative estimate of drug-likeness (QED) is 0.536. The molecule has 0 aliphatic heterocycles. The number of quaternary nitrogens is 2. The van der Waals surface area contributed by atoms with Crippen LogP contribution in [0.1, 0.15) is 34.1 Å². The van der Waals surface area contributed by atoms with Gasteiger partial charge in [0.25, 0.3) is 0 Å². The molecule has 1 atom stereocenters. The predicted octanol–water partition coefficient (Wildman–Crippen LogP) is 2.28. The van der Waals surface area contributed by atoms with E-state index in [9.17, 15) is 0 Å². The van der Waals surface area contributed by atoms with Crippen LogP contribution in [0.5, 0.6) is 0 Å². The van der Waals surface area contributed by atoms with Gasteiger partial charge in [0.05, 0.1) is 0 Å². The first-order valence-corrected chi connectivity index (χ1v) is 6.76. The molecular weight excluding hydrogens is 226 g/mol. The van der Waals surface area contributed by atoms with Gasteiger partial charge in [-0.1, -0.05) is 13.8 Å². The highest BCUT2D eigenvalue weighted by Crippen LogP contribution is 2.32. The van der Waals surface area contributed by atoms with Gasteiger partial charge in [0.1, 0.15) is 39.4 Å². The zero-order valence-corrected chi connectivity index (χ0v) is 13.4. The van der Waals surface area contributed by atoms with Gasteiger partial charge in [-0.25, -0.2) is 0 Å². The molecule has 0 saturated carbocycles. The Bertz CT molecular complexity index is 274. The largest absolute Gasteiger partial charge is 0.330 e. The Hall–Kier alpha value is -0.420. The van der Waals surface area contributed by atoms with Crippen LogP contribution < -0.4 is 5.73 Å². The van der Waals surface area contributed by atoms with Crippen molar-refractivity contribution in [2.24, 2.45) is 11.7 Å². The first kappa shape index (κ1) is 17.6. The zero-order chi connectivity index (χ0) is 14.6. The molecule has 0 fully saturated rings. The average Bonchev–Trinajstić information content (AvgIpc) is 2.25. The van der Waals surface area contributed by atoms with Crippen molar-refractivity contribution in [1.29, 1.82) is 0 Å². The molecule has 0 aromatic rings. The summed E-state index contributed by atoms with van der Waals surface area (Å²) in [6.45, 7) is 14.4. The lowest BCUT2D eigenvalue weighted by molar-refractivity contribution is -1.33. The second-order valence-corrected chi connectivity index (χ2v) is 6.47. The van der Waals surface area contributed by atoms with Crippen LogP contribution in [0.15, 0.2) is 12.8 Å². The molecule has 0 saturated heterocycles. The van der Waals surface area contributed by atoms with Gasteiger partial charge in [0, 0.05) is 12.3 Å². The highest BCUT2D eigenvalue weighted by atomic mass is 16.9. The minimum absolute atomic E-state index is 0.00764. The summed E-state index contributed by atoms with van der Waals surface area (Å²) in [4.78, 5) is 6.30. The van der Waals surface area contributed by atoms with Crippen LogP contribution in [-0.2, 0) is 4.94 Å². The van der Waals surface area contributed by atoms with Gasteiger partial charge in [-0.3, -0.25) is 0 Å². The van der Waals surface area contributed by atoms with E-state index in [4.69, 9.17) is 10.7 Å². The second-order valence-electron chi connectivity index (χ2n) is 6.47. The molecular formula is C14H33N3O+2. The zero-order valence-electron chi connectivity index (χ0n) is 13.4. The Morgan fingerprint density at radius 1 is 1.28 bits per heavy atom. The van der Waals surface area contributed by atoms with Gasteiger partial charge in [0.15, 0.2) is 0 Å². The Kier molecular flexibility index (Phi) is 6.01. The maximum atomic E-state index is 6.30. The molecule has 108 valence electrons. The number of hydrogen-bond donors (Lipinski definition) is 1. The fourth-order valence-electron chi connectivity index (χ4n) is 1.87. The van der Waals surface area contributed by atoms with Crippen LogP contribution in [0.3, 0.4) is 0 Å². The first-order valence-electron chi connectivity index (χ1n) is 6.76. The van der Waals surface area contributed by atoms with Gasteiger partial charge in [-0.2, -0.15) is 0 Å². The van der Waals surface area contributed by atoms with E-state index < -0.39 is 0 Å². The van der Waals surface area contributed by atoms with E-state index in [-0.39, 0.29) is 5.54 Å². The SMILES string of the molecule is C=C[N+](C)(C)O[N+](C)(CCCN)C(C)(C)C(C)C. The summed E-state index contributed by atoms with van der Waals surface area (Å²) in [7, 11) is 6.11. The molecule has 0 aromatic heterocycles. The van der Waals surface area contributed by atoms with Crippen LogP contribution in [0, 0.1) is 5.92 Å². The van der Waals surface area contributed by atoms with Gasteiger partial charge >= 0.3 is 0 Å². The standard InChI is InChI=1S/C14H33N3O/c1-9-16(6,7)18-17(8,12-10-11-15)14(4,5)13(2)3/h9,13H,1,10-12,15H2,2-8H3/q+2. The number of hydrogen-bond acceptors (Lipinski definition) is 2. The van der Waals surface area contributed by atoms with Crippen molar-refractivity contribution in [3.05, 3.63) is 12.8 Å². The second kappa shape index (κ2) is 6.15. The van der Waals surface area contributed by atoms with Crippen LogP contribution in [-0.4, -0.2) is 49.1 Å². The molecule has 2 N–H and O–H groups in total. The van der Waals surface area contributed by atoms with Crippen molar-refractivity contribution in [3.8, 4) is 0 Å². The highest BCUT2D eigenvalue weighted by molar-refractivity contribution is 4.72. The van der Waals surface area contributed by atoms with E-state index in [1.807, 2.05) is 14.1 Å². The molecule has 0 aliphatic carbocycles. The third kappa shape index (κ3) is 4.05. The van der Waals surface area contributed by atoms with Crippen molar-refractivity contribution < 1.29 is 14.2 Å². The molecule has 0 radical (unpaired) electrons. The summed E-state index contributed by atoms with van der Waals surface area (Å²) >= 11 is 0. The smallest absolute Gasteiger partial charge is 0.131 e. The van der Waals surface area contributed by atoms with Gasteiger partial charge in [0.2, 0.25) is 0 Å². The molecule has 0 bridgehead atoms. The molecule has 0 aromatic carbocycles. The Balaban J connectivity index is 5.23. The highest BCUT2D eigenvalue weighted by Gasteiger charge is 2.49. The normalized spacial score (nSPS) is 16.7. The summed E-state index contributed by atoms with van der Waals surface area (Å²) in [6, 6.07) is 0. The van der Waals surface area contributed by atoms with E-state index in [1.54, 1.807) is 6.20 Å². The lowest BCUT2D eigenvalue weighted by atomic mass is 9.88. The molecule has 4 nitrogen and oxygen atoms in total. The van der Waals surface area contributed by atoms with Crippen molar-refractivity contribution >= 4 is 0 Å². The van der Waals surface area contributed by atoms with E-state index in [1.165, 1.54) is 0 Å². The fourth-order valence-corrected chi connectivity index (χ4v) is 1.87. The van der Waals surface area contributed by atoms with E-state index in [0.29, 0.717) is 21.8 Å². The molecule has 0 amide bonds. The summed E-state index contributed by atoms with van der Waals surface area (Å²) < 4.78 is 0.859. The maximum absolute atomic E-state index is 6.30. The van der Waals surface area contributed by atoms with Crippen molar-refractivity contribution in [1.82, 2.24) is 0 Å². The third-order valence-corrected chi connectivity index (χ3v) is 4.25. The van der Waals surface area contributed by atoms with E-state index >= 15 is 0 Å². The molecule has 18 heavy (non-hydrogen) atoms. The van der Waals surface area contributed by atoms with Crippen molar-refractivity contribution in [2.75, 3.05) is 34.2 Å². The van der Waals surface area contributed by atoms with E-state index in [2.05, 4.69) is 41.3 Å². The molecule has 4 heteroatoms. The first-order chi connectivity index (χ1) is 8.02. The van der Waals surface area contributed by atoms with Gasteiger partial charge < -0.3 is 5.73 Å². The summed E-state index contributed by atoms with van der Waals surface area (Å²) in [6.07, 6.45) is 2.75. The Morgan fingerprint density at radius 2 is 1.78 bits per heavy atom. The van der Waals surface area contributed by atoms with Gasteiger partial charge in [-0.15, -0.1) is 9.29 Å². The molecule has 0 rings (SSSR count). The van der Waals surface area contributed by atoms with Crippen LogP contribution in [0.2, 0.25) is 0 Å². The monoisotopic (exact) mass is 259 g/mol. The number of hydroxylamine groups is 6. The summed E-state index contributed by atoms with van der Waals surface area (Å²) in [5.74, 6) is 0.505. The summed E-state index contributed by atoms with van der Waals surface area (Å²) in [5.41, 5.74) is 5.67. The average molecular weight is 259 g/mol. The Morgan fingerprint density at radius 3 is 2.11 bits per heavy atom. The lowest BCUT2D eigenvalue weighted by Crippen LogP contribution is -2.65. The molecule has 0 heterocycles. The van der Waals surface area contributed by atoms with Crippen LogP contribution >= 0.6 is 0 Å². The van der Waals surface area contributed by atoms with Crippen LogP contribution in [0.4, 0.5) is 0 Å². The topological polar surface area (TPSA) is 35.2 Å². The lowest BCUT2D eigenvalue weighted by Gasteiger charge is -2.47. The van der Waals surface area contributed by atoms with E-state index in [0.717, 1.165) is 13.0 Å². The molecule has 1 unspecified atom stereocenters. The Labute approximate surface area is 113 Å². The molecule has 0 spiro atoms. The minimum Gasteiger partial charge on any atom is -0.330 e. The minimum atomic E-state index is 0.00764. The predicted molar refractivity (Wildman–Crippen MR) is 77.0 cm³/mol. The fraction of sp³-hybridized carbons (Fsp3) is 0.857. The van der Waals surface area contributed by atoms with Crippen molar-refractivity contribution in [2.45, 2.75) is 39.7 Å². The third-order valence-electron chi connectivity index (χ3n) is 4.25. The van der Waals surface area contributed by atoms with Crippen LogP contribution in [0.25, 0.3) is 0 Å². The maximum Gasteiger partial charge on any atom is 0.131 e.